The van der Waals surface area contributed by atoms with E-state index in [0.717, 1.165) is 11.1 Å². The van der Waals surface area contributed by atoms with Crippen LogP contribution in [0.1, 0.15) is 25.0 Å². The van der Waals surface area contributed by atoms with E-state index in [4.69, 9.17) is 16.7 Å². The minimum absolute atomic E-state index is 0.283. The monoisotopic (exact) mass is 222 g/mol. The van der Waals surface area contributed by atoms with E-state index in [1.165, 1.54) is 0 Å². The van der Waals surface area contributed by atoms with E-state index in [-0.39, 0.29) is 5.57 Å². The van der Waals surface area contributed by atoms with Gasteiger partial charge in [-0.05, 0) is 11.1 Å². The van der Waals surface area contributed by atoms with Gasteiger partial charge < -0.3 is 5.11 Å². The number of hydrogen-bond donors (Lipinski definition) is 1. The van der Waals surface area contributed by atoms with Crippen molar-refractivity contribution in [2.75, 3.05) is 0 Å². The average Bonchev–Trinajstić information content (AvgIpc) is 2.36. The predicted molar refractivity (Wildman–Crippen MR) is 59.9 cm³/mol. The lowest BCUT2D eigenvalue weighted by Crippen LogP contribution is -2.22. The second kappa shape index (κ2) is 3.11. The molecule has 0 aliphatic heterocycles. The van der Waals surface area contributed by atoms with Crippen molar-refractivity contribution in [2.45, 2.75) is 19.3 Å². The van der Waals surface area contributed by atoms with Crippen LogP contribution in [0.25, 0.3) is 5.03 Å². The van der Waals surface area contributed by atoms with Gasteiger partial charge in [-0.2, -0.15) is 0 Å². The zero-order chi connectivity index (χ0) is 11.2. The molecule has 0 radical (unpaired) electrons. The van der Waals surface area contributed by atoms with E-state index in [1.54, 1.807) is 0 Å². The molecule has 78 valence electrons. The topological polar surface area (TPSA) is 37.3 Å². The van der Waals surface area contributed by atoms with Crippen molar-refractivity contribution >= 4 is 22.6 Å². The fourth-order valence-corrected chi connectivity index (χ4v) is 2.61. The van der Waals surface area contributed by atoms with Crippen LogP contribution in [0.5, 0.6) is 0 Å². The Labute approximate surface area is 93.2 Å². The molecule has 0 fully saturated rings. The summed E-state index contributed by atoms with van der Waals surface area (Å²) in [5.74, 6) is -0.943. The average molecular weight is 223 g/mol. The molecule has 0 bridgehead atoms. The fraction of sp³-hybridized carbons (Fsp3) is 0.250. The minimum Gasteiger partial charge on any atom is -0.478 e. The van der Waals surface area contributed by atoms with Gasteiger partial charge in [0.25, 0.3) is 0 Å². The summed E-state index contributed by atoms with van der Waals surface area (Å²) in [6, 6.07) is 7.54. The summed E-state index contributed by atoms with van der Waals surface area (Å²) >= 11 is 6.09. The number of fused-ring (bicyclic) bond motifs is 1. The molecule has 0 atom stereocenters. The fourth-order valence-electron chi connectivity index (χ4n) is 2.12. The molecule has 3 heteroatoms. The third-order valence-electron chi connectivity index (χ3n) is 2.90. The van der Waals surface area contributed by atoms with Gasteiger partial charge in [-0.1, -0.05) is 49.7 Å². The van der Waals surface area contributed by atoms with Gasteiger partial charge in [-0.25, -0.2) is 4.79 Å². The molecule has 0 heterocycles. The van der Waals surface area contributed by atoms with Gasteiger partial charge >= 0.3 is 5.97 Å². The maximum Gasteiger partial charge on any atom is 0.334 e. The van der Waals surface area contributed by atoms with Gasteiger partial charge in [0.15, 0.2) is 0 Å². The number of aliphatic carboxylic acids is 1. The van der Waals surface area contributed by atoms with Crippen molar-refractivity contribution in [3.63, 3.8) is 0 Å². The molecule has 2 rings (SSSR count). The molecule has 0 amide bonds. The van der Waals surface area contributed by atoms with Crippen molar-refractivity contribution < 1.29 is 9.90 Å². The molecule has 0 unspecified atom stereocenters. The molecule has 1 aliphatic rings. The second-order valence-corrected chi connectivity index (χ2v) is 4.54. The molecule has 0 spiro atoms. The highest BCUT2D eigenvalue weighted by atomic mass is 35.5. The third-order valence-corrected chi connectivity index (χ3v) is 3.29. The number of carboxylic acids is 1. The van der Waals surface area contributed by atoms with Gasteiger partial charge in [-0.15, -0.1) is 0 Å². The first-order valence-electron chi connectivity index (χ1n) is 4.69. The van der Waals surface area contributed by atoms with Crippen LogP contribution in [0.3, 0.4) is 0 Å². The minimum atomic E-state index is -0.943. The van der Waals surface area contributed by atoms with Crippen LogP contribution in [-0.2, 0) is 10.2 Å². The standard InChI is InChI=1S/C12H11ClO2/c1-12(2)8-6-4-3-5-7(8)10(13)9(12)11(14)15/h3-6H,1-2H3,(H,14,15). The highest BCUT2D eigenvalue weighted by Gasteiger charge is 2.40. The van der Waals surface area contributed by atoms with E-state index in [1.807, 2.05) is 38.1 Å². The molecule has 1 aromatic carbocycles. The highest BCUT2D eigenvalue weighted by molar-refractivity contribution is 6.52. The zero-order valence-electron chi connectivity index (χ0n) is 8.54. The summed E-state index contributed by atoms with van der Waals surface area (Å²) in [6.07, 6.45) is 0. The van der Waals surface area contributed by atoms with Gasteiger partial charge in [-0.3, -0.25) is 0 Å². The number of hydrogen-bond acceptors (Lipinski definition) is 1. The molecule has 1 N–H and O–H groups in total. The molecular weight excluding hydrogens is 212 g/mol. The summed E-state index contributed by atoms with van der Waals surface area (Å²) in [5, 5.41) is 9.51. The van der Waals surface area contributed by atoms with Crippen molar-refractivity contribution in [1.82, 2.24) is 0 Å². The predicted octanol–water partition coefficient (Wildman–Crippen LogP) is 3.01. The number of halogens is 1. The van der Waals surface area contributed by atoms with Gasteiger partial charge in [0, 0.05) is 5.41 Å². The first kappa shape index (κ1) is 10.2. The Morgan fingerprint density at radius 2 is 1.93 bits per heavy atom. The van der Waals surface area contributed by atoms with Crippen molar-refractivity contribution in [2.24, 2.45) is 0 Å². The van der Waals surface area contributed by atoms with Crippen molar-refractivity contribution in [1.29, 1.82) is 0 Å². The zero-order valence-corrected chi connectivity index (χ0v) is 9.30. The number of carboxylic acid groups (broad SMARTS) is 1. The lowest BCUT2D eigenvalue weighted by atomic mass is 9.81. The smallest absolute Gasteiger partial charge is 0.334 e. The lowest BCUT2D eigenvalue weighted by molar-refractivity contribution is -0.133. The quantitative estimate of drug-likeness (QED) is 0.793. The largest absolute Gasteiger partial charge is 0.478 e. The Morgan fingerprint density at radius 3 is 2.47 bits per heavy atom. The summed E-state index contributed by atoms with van der Waals surface area (Å²) in [5.41, 5.74) is 1.58. The Balaban J connectivity index is 2.74. The van der Waals surface area contributed by atoms with Crippen LogP contribution >= 0.6 is 11.6 Å². The van der Waals surface area contributed by atoms with E-state index in [2.05, 4.69) is 0 Å². The number of carbonyl (C=O) groups is 1. The molecule has 2 nitrogen and oxygen atoms in total. The maximum atomic E-state index is 11.2. The van der Waals surface area contributed by atoms with Crippen LogP contribution in [0, 0.1) is 0 Å². The number of benzene rings is 1. The number of rotatable bonds is 1. The van der Waals surface area contributed by atoms with Crippen LogP contribution in [0.15, 0.2) is 29.8 Å². The van der Waals surface area contributed by atoms with Gasteiger partial charge in [0.1, 0.15) is 0 Å². The summed E-state index contributed by atoms with van der Waals surface area (Å²) in [6.45, 7) is 3.76. The summed E-state index contributed by atoms with van der Waals surface area (Å²) in [4.78, 5) is 11.2. The molecule has 1 aromatic rings. The van der Waals surface area contributed by atoms with E-state index in [9.17, 15) is 4.79 Å². The summed E-state index contributed by atoms with van der Waals surface area (Å²) in [7, 11) is 0. The molecule has 0 saturated carbocycles. The van der Waals surface area contributed by atoms with E-state index < -0.39 is 11.4 Å². The second-order valence-electron chi connectivity index (χ2n) is 4.16. The van der Waals surface area contributed by atoms with Crippen LogP contribution < -0.4 is 0 Å². The highest BCUT2D eigenvalue weighted by Crippen LogP contribution is 2.47. The summed E-state index contributed by atoms with van der Waals surface area (Å²) < 4.78 is 0. The molecule has 1 aliphatic carbocycles. The Morgan fingerprint density at radius 1 is 1.33 bits per heavy atom. The van der Waals surface area contributed by atoms with E-state index in [0.29, 0.717) is 5.03 Å². The first-order valence-corrected chi connectivity index (χ1v) is 5.07. The molecular formula is C12H11ClO2. The van der Waals surface area contributed by atoms with Crippen LogP contribution in [0.2, 0.25) is 0 Å². The normalized spacial score (nSPS) is 17.8. The Bertz CT molecular complexity index is 472. The first-order chi connectivity index (χ1) is 6.96. The maximum absolute atomic E-state index is 11.2. The van der Waals surface area contributed by atoms with Crippen LogP contribution in [-0.4, -0.2) is 11.1 Å². The van der Waals surface area contributed by atoms with Gasteiger partial charge in [0.05, 0.1) is 10.6 Å². The Kier molecular flexibility index (Phi) is 2.12. The Hall–Kier alpha value is -1.28. The molecule has 0 saturated heterocycles. The van der Waals surface area contributed by atoms with Crippen molar-refractivity contribution in [3.05, 3.63) is 41.0 Å². The van der Waals surface area contributed by atoms with E-state index >= 15 is 0 Å². The third kappa shape index (κ3) is 1.29. The molecule has 0 aromatic heterocycles. The van der Waals surface area contributed by atoms with Gasteiger partial charge in [0.2, 0.25) is 0 Å². The SMILES string of the molecule is CC1(C)C(C(=O)O)=C(Cl)c2ccccc21. The molecule has 15 heavy (non-hydrogen) atoms. The van der Waals surface area contributed by atoms with Crippen LogP contribution in [0.4, 0.5) is 0 Å². The van der Waals surface area contributed by atoms with Crippen molar-refractivity contribution in [3.8, 4) is 0 Å². The lowest BCUT2D eigenvalue weighted by Gasteiger charge is -2.21.